The molecule has 2 amide bonds. The summed E-state index contributed by atoms with van der Waals surface area (Å²) in [4.78, 5) is 37.7. The number of hydrogen-bond donors (Lipinski definition) is 2. The molecule has 8 heteroatoms. The molecule has 0 radical (unpaired) electrons. The van der Waals surface area contributed by atoms with Gasteiger partial charge in [0.2, 0.25) is 0 Å². The molecule has 8 nitrogen and oxygen atoms in total. The molecule has 0 saturated carbocycles. The number of benzene rings is 3. The average molecular weight is 463 g/mol. The Morgan fingerprint density at radius 3 is 2.12 bits per heavy atom. The van der Waals surface area contributed by atoms with Crippen molar-refractivity contribution in [2.24, 2.45) is 0 Å². The summed E-state index contributed by atoms with van der Waals surface area (Å²) in [5.74, 6) is -0.803. The van der Waals surface area contributed by atoms with Gasteiger partial charge in [-0.15, -0.1) is 0 Å². The molecule has 0 aromatic heterocycles. The summed E-state index contributed by atoms with van der Waals surface area (Å²) in [5, 5.41) is 5.55. The summed E-state index contributed by atoms with van der Waals surface area (Å²) in [7, 11) is 2.93. The van der Waals surface area contributed by atoms with Crippen LogP contribution in [-0.4, -0.2) is 38.6 Å². The smallest absolute Gasteiger partial charge is 0.338 e. The largest absolute Gasteiger partial charge is 0.497 e. The molecule has 0 spiro atoms. The van der Waals surface area contributed by atoms with E-state index in [1.165, 1.54) is 26.4 Å². The second kappa shape index (κ2) is 11.5. The number of para-hydroxylation sites is 1. The predicted molar refractivity (Wildman–Crippen MR) is 127 cm³/mol. The first-order valence-electron chi connectivity index (χ1n) is 10.6. The maximum atomic E-state index is 12.8. The number of esters is 1. The lowest BCUT2D eigenvalue weighted by atomic mass is 10.1. The van der Waals surface area contributed by atoms with E-state index in [1.807, 2.05) is 37.3 Å². The zero-order valence-corrected chi connectivity index (χ0v) is 19.2. The zero-order chi connectivity index (χ0) is 24.5. The number of hydrogen-bond acceptors (Lipinski definition) is 6. The molecule has 0 aliphatic heterocycles. The van der Waals surface area contributed by atoms with Crippen LogP contribution in [0.4, 0.5) is 5.69 Å². The monoisotopic (exact) mass is 462 g/mol. The zero-order valence-electron chi connectivity index (χ0n) is 19.2. The fraction of sp³-hybridized carbons (Fsp3) is 0.192. The van der Waals surface area contributed by atoms with Crippen molar-refractivity contribution < 1.29 is 28.6 Å². The number of anilines is 1. The Hall–Kier alpha value is -4.33. The Balaban J connectivity index is 1.62. The van der Waals surface area contributed by atoms with Crippen molar-refractivity contribution in [2.45, 2.75) is 13.0 Å². The van der Waals surface area contributed by atoms with Gasteiger partial charge in [-0.05, 0) is 36.8 Å². The number of carbonyl (C=O) groups is 3. The second-order valence-electron chi connectivity index (χ2n) is 7.38. The molecule has 34 heavy (non-hydrogen) atoms. The minimum absolute atomic E-state index is 0.179. The summed E-state index contributed by atoms with van der Waals surface area (Å²) in [6, 6.07) is 20.5. The predicted octanol–water partition coefficient (Wildman–Crippen LogP) is 3.99. The van der Waals surface area contributed by atoms with Gasteiger partial charge in [0.15, 0.2) is 6.61 Å². The van der Waals surface area contributed by atoms with E-state index in [-0.39, 0.29) is 17.5 Å². The van der Waals surface area contributed by atoms with Crippen LogP contribution in [-0.2, 0) is 9.53 Å². The second-order valence-corrected chi connectivity index (χ2v) is 7.38. The minimum Gasteiger partial charge on any atom is -0.497 e. The normalized spacial score (nSPS) is 11.1. The third-order valence-corrected chi connectivity index (χ3v) is 5.01. The molecule has 0 bridgehead atoms. The molecule has 1 unspecified atom stereocenters. The molecule has 176 valence electrons. The van der Waals surface area contributed by atoms with E-state index in [1.54, 1.807) is 30.3 Å². The highest BCUT2D eigenvalue weighted by molar-refractivity contribution is 6.04. The minimum atomic E-state index is -0.713. The maximum absolute atomic E-state index is 12.8. The summed E-state index contributed by atoms with van der Waals surface area (Å²) in [6.07, 6.45) is 0. The van der Waals surface area contributed by atoms with Crippen LogP contribution in [0.25, 0.3) is 0 Å². The molecule has 0 heterocycles. The lowest BCUT2D eigenvalue weighted by Crippen LogP contribution is -2.28. The Kier molecular flexibility index (Phi) is 8.23. The van der Waals surface area contributed by atoms with Gasteiger partial charge in [-0.1, -0.05) is 42.5 Å². The van der Waals surface area contributed by atoms with E-state index < -0.39 is 18.5 Å². The van der Waals surface area contributed by atoms with Crippen molar-refractivity contribution >= 4 is 23.5 Å². The van der Waals surface area contributed by atoms with Crippen LogP contribution in [0.5, 0.6) is 11.5 Å². The van der Waals surface area contributed by atoms with Gasteiger partial charge in [0.05, 0.1) is 37.1 Å². The lowest BCUT2D eigenvalue weighted by molar-refractivity contribution is -0.119. The molecule has 3 aromatic rings. The standard InChI is InChI=1S/C26H26N2O6/c1-17(18-9-5-4-6-10-18)27-25(30)22-11-7-8-12-23(22)28-24(29)16-34-26(31)19-13-20(32-2)15-21(14-19)33-3/h4-15,17H,16H2,1-3H3,(H,27,30)(H,28,29). The molecule has 3 aromatic carbocycles. The third-order valence-electron chi connectivity index (χ3n) is 5.01. The third kappa shape index (κ3) is 6.35. The fourth-order valence-corrected chi connectivity index (χ4v) is 3.22. The summed E-state index contributed by atoms with van der Waals surface area (Å²) in [5.41, 5.74) is 1.74. The van der Waals surface area contributed by atoms with Crippen molar-refractivity contribution in [2.75, 3.05) is 26.1 Å². The number of amides is 2. The SMILES string of the molecule is COc1cc(OC)cc(C(=O)OCC(=O)Nc2ccccc2C(=O)NC(C)c2ccccc2)c1. The van der Waals surface area contributed by atoms with Crippen molar-refractivity contribution in [3.8, 4) is 11.5 Å². The number of rotatable bonds is 9. The Labute approximate surface area is 197 Å². The average Bonchev–Trinajstić information content (AvgIpc) is 2.87. The highest BCUT2D eigenvalue weighted by atomic mass is 16.5. The molecule has 0 fully saturated rings. The van der Waals surface area contributed by atoms with E-state index in [2.05, 4.69) is 10.6 Å². The molecular weight excluding hydrogens is 436 g/mol. The fourth-order valence-electron chi connectivity index (χ4n) is 3.22. The van der Waals surface area contributed by atoms with E-state index in [0.717, 1.165) is 5.56 Å². The first-order chi connectivity index (χ1) is 16.4. The van der Waals surface area contributed by atoms with Crippen LogP contribution in [0.2, 0.25) is 0 Å². The van der Waals surface area contributed by atoms with Crippen LogP contribution in [0.3, 0.4) is 0 Å². The number of ether oxygens (including phenoxy) is 3. The van der Waals surface area contributed by atoms with Crippen molar-refractivity contribution in [3.63, 3.8) is 0 Å². The van der Waals surface area contributed by atoms with E-state index in [4.69, 9.17) is 14.2 Å². The van der Waals surface area contributed by atoms with Gasteiger partial charge in [0.25, 0.3) is 11.8 Å². The molecule has 2 N–H and O–H groups in total. The highest BCUT2D eigenvalue weighted by Crippen LogP contribution is 2.23. The van der Waals surface area contributed by atoms with Crippen LogP contribution < -0.4 is 20.1 Å². The molecule has 1 atom stereocenters. The van der Waals surface area contributed by atoms with Crippen LogP contribution in [0.15, 0.2) is 72.8 Å². The summed E-state index contributed by atoms with van der Waals surface area (Å²) < 4.78 is 15.4. The molecule has 0 saturated heterocycles. The lowest BCUT2D eigenvalue weighted by Gasteiger charge is -2.16. The molecule has 0 aliphatic carbocycles. The van der Waals surface area contributed by atoms with E-state index in [0.29, 0.717) is 22.7 Å². The van der Waals surface area contributed by atoms with Crippen molar-refractivity contribution in [1.82, 2.24) is 5.32 Å². The van der Waals surface area contributed by atoms with E-state index >= 15 is 0 Å². The van der Waals surface area contributed by atoms with E-state index in [9.17, 15) is 14.4 Å². The van der Waals surface area contributed by atoms with Gasteiger partial charge in [-0.2, -0.15) is 0 Å². The Morgan fingerprint density at radius 2 is 1.47 bits per heavy atom. The van der Waals surface area contributed by atoms with Gasteiger partial charge in [0, 0.05) is 6.07 Å². The molecular formula is C26H26N2O6. The summed E-state index contributed by atoms with van der Waals surface area (Å²) >= 11 is 0. The van der Waals surface area contributed by atoms with Gasteiger partial charge in [-0.3, -0.25) is 9.59 Å². The Bertz CT molecular complexity index is 1140. The van der Waals surface area contributed by atoms with Crippen LogP contribution in [0, 0.1) is 0 Å². The maximum Gasteiger partial charge on any atom is 0.338 e. The molecule has 3 rings (SSSR count). The topological polar surface area (TPSA) is 103 Å². The van der Waals surface area contributed by atoms with Crippen molar-refractivity contribution in [3.05, 3.63) is 89.5 Å². The van der Waals surface area contributed by atoms with Crippen LogP contribution >= 0.6 is 0 Å². The van der Waals surface area contributed by atoms with Gasteiger partial charge < -0.3 is 24.8 Å². The summed E-state index contributed by atoms with van der Waals surface area (Å²) in [6.45, 7) is 1.34. The highest BCUT2D eigenvalue weighted by Gasteiger charge is 2.17. The Morgan fingerprint density at radius 1 is 0.853 bits per heavy atom. The van der Waals surface area contributed by atoms with Gasteiger partial charge in [-0.25, -0.2) is 4.79 Å². The van der Waals surface area contributed by atoms with Crippen molar-refractivity contribution in [1.29, 1.82) is 0 Å². The van der Waals surface area contributed by atoms with Gasteiger partial charge in [0.1, 0.15) is 11.5 Å². The first kappa shape index (κ1) is 24.3. The number of methoxy groups -OCH3 is 2. The van der Waals surface area contributed by atoms with Gasteiger partial charge >= 0.3 is 5.97 Å². The van der Waals surface area contributed by atoms with Crippen LogP contribution in [0.1, 0.15) is 39.2 Å². The number of nitrogens with one attached hydrogen (secondary N) is 2. The quantitative estimate of drug-likeness (QED) is 0.466. The first-order valence-corrected chi connectivity index (χ1v) is 10.6. The molecule has 0 aliphatic rings. The number of carbonyl (C=O) groups excluding carboxylic acids is 3.